The molecule has 1 atom stereocenters. The molecule has 0 aliphatic carbocycles. The highest BCUT2D eigenvalue weighted by molar-refractivity contribution is 5.70. The maximum atomic E-state index is 11.1. The summed E-state index contributed by atoms with van der Waals surface area (Å²) in [5, 5.41) is 8.85. The molecule has 0 amide bonds. The van der Waals surface area contributed by atoms with Crippen LogP contribution >= 0.6 is 0 Å². The highest BCUT2D eigenvalue weighted by atomic mass is 16.5. The van der Waals surface area contributed by atoms with Crippen molar-refractivity contribution in [1.29, 1.82) is 0 Å². The SMILES string of the molecule is COC(=O)CCC(CC(=O)O)c1ccccc1. The normalized spacial score (nSPS) is 11.8. The van der Waals surface area contributed by atoms with Crippen LogP contribution in [-0.2, 0) is 14.3 Å². The minimum absolute atomic E-state index is 0.0288. The minimum Gasteiger partial charge on any atom is -0.481 e. The molecule has 0 heterocycles. The first kappa shape index (κ1) is 13.2. The summed E-state index contributed by atoms with van der Waals surface area (Å²) >= 11 is 0. The Morgan fingerprint density at radius 1 is 1.29 bits per heavy atom. The summed E-state index contributed by atoms with van der Waals surface area (Å²) in [6, 6.07) is 9.36. The van der Waals surface area contributed by atoms with E-state index in [1.807, 2.05) is 30.3 Å². The Labute approximate surface area is 100 Å². The second-order valence-electron chi connectivity index (χ2n) is 3.82. The van der Waals surface area contributed by atoms with Gasteiger partial charge in [-0.1, -0.05) is 30.3 Å². The molecule has 0 spiro atoms. The van der Waals surface area contributed by atoms with Crippen molar-refractivity contribution >= 4 is 11.9 Å². The molecule has 0 bridgehead atoms. The highest BCUT2D eigenvalue weighted by Gasteiger charge is 2.16. The second-order valence-corrected chi connectivity index (χ2v) is 3.82. The maximum Gasteiger partial charge on any atom is 0.305 e. The lowest BCUT2D eigenvalue weighted by Gasteiger charge is -2.14. The number of aliphatic carboxylic acids is 1. The zero-order valence-corrected chi connectivity index (χ0v) is 9.76. The molecular weight excluding hydrogens is 220 g/mol. The Balaban J connectivity index is 2.67. The number of rotatable bonds is 6. The summed E-state index contributed by atoms with van der Waals surface area (Å²) in [5.41, 5.74) is 0.943. The molecule has 1 N–H and O–H groups in total. The number of ether oxygens (including phenoxy) is 1. The quantitative estimate of drug-likeness (QED) is 0.769. The second kappa shape index (κ2) is 6.68. The smallest absolute Gasteiger partial charge is 0.305 e. The first-order valence-electron chi connectivity index (χ1n) is 5.47. The molecule has 0 saturated carbocycles. The van der Waals surface area contributed by atoms with E-state index < -0.39 is 5.97 Å². The zero-order chi connectivity index (χ0) is 12.7. The van der Waals surface area contributed by atoms with E-state index in [-0.39, 0.29) is 24.7 Å². The Morgan fingerprint density at radius 2 is 1.94 bits per heavy atom. The molecule has 0 saturated heterocycles. The van der Waals surface area contributed by atoms with E-state index in [0.717, 1.165) is 5.56 Å². The van der Waals surface area contributed by atoms with Crippen LogP contribution in [0.5, 0.6) is 0 Å². The average Bonchev–Trinajstić information content (AvgIpc) is 2.34. The van der Waals surface area contributed by atoms with Gasteiger partial charge in [-0.25, -0.2) is 0 Å². The molecule has 0 aromatic heterocycles. The van der Waals surface area contributed by atoms with Gasteiger partial charge in [0.1, 0.15) is 0 Å². The number of carboxylic acids is 1. The van der Waals surface area contributed by atoms with Crippen LogP contribution in [0.1, 0.15) is 30.7 Å². The third-order valence-corrected chi connectivity index (χ3v) is 2.62. The fraction of sp³-hybridized carbons (Fsp3) is 0.385. The number of benzene rings is 1. The van der Waals surface area contributed by atoms with Crippen molar-refractivity contribution in [3.8, 4) is 0 Å². The number of hydrogen-bond acceptors (Lipinski definition) is 3. The Bertz CT molecular complexity index is 372. The molecule has 0 aliphatic heterocycles. The van der Waals surface area contributed by atoms with Gasteiger partial charge >= 0.3 is 11.9 Å². The van der Waals surface area contributed by atoms with Crippen LogP contribution in [0.15, 0.2) is 30.3 Å². The topological polar surface area (TPSA) is 63.6 Å². The van der Waals surface area contributed by atoms with Crippen LogP contribution in [0, 0.1) is 0 Å². The Morgan fingerprint density at radius 3 is 2.47 bits per heavy atom. The molecule has 17 heavy (non-hydrogen) atoms. The maximum absolute atomic E-state index is 11.1. The van der Waals surface area contributed by atoms with Crippen LogP contribution in [0.25, 0.3) is 0 Å². The molecule has 0 radical (unpaired) electrons. The van der Waals surface area contributed by atoms with E-state index in [1.165, 1.54) is 7.11 Å². The Hall–Kier alpha value is -1.84. The van der Waals surface area contributed by atoms with Gasteiger partial charge in [-0.15, -0.1) is 0 Å². The number of carboxylic acid groups (broad SMARTS) is 1. The Kier molecular flexibility index (Phi) is 5.20. The summed E-state index contributed by atoms with van der Waals surface area (Å²) in [6.45, 7) is 0. The third-order valence-electron chi connectivity index (χ3n) is 2.62. The van der Waals surface area contributed by atoms with Crippen molar-refractivity contribution in [2.45, 2.75) is 25.2 Å². The summed E-state index contributed by atoms with van der Waals surface area (Å²) in [6.07, 6.45) is 0.757. The average molecular weight is 236 g/mol. The van der Waals surface area contributed by atoms with Gasteiger partial charge < -0.3 is 9.84 Å². The van der Waals surface area contributed by atoms with Gasteiger partial charge in [0.2, 0.25) is 0 Å². The zero-order valence-electron chi connectivity index (χ0n) is 9.76. The van der Waals surface area contributed by atoms with E-state index in [4.69, 9.17) is 5.11 Å². The van der Waals surface area contributed by atoms with Gasteiger partial charge in [-0.3, -0.25) is 9.59 Å². The first-order valence-corrected chi connectivity index (χ1v) is 5.47. The van der Waals surface area contributed by atoms with Gasteiger partial charge in [-0.2, -0.15) is 0 Å². The molecule has 0 fully saturated rings. The molecule has 1 aromatic carbocycles. The van der Waals surface area contributed by atoms with Crippen LogP contribution in [-0.4, -0.2) is 24.2 Å². The van der Waals surface area contributed by atoms with Crippen molar-refractivity contribution in [1.82, 2.24) is 0 Å². The van der Waals surface area contributed by atoms with Gasteiger partial charge in [0.25, 0.3) is 0 Å². The van der Waals surface area contributed by atoms with Crippen molar-refractivity contribution in [2.75, 3.05) is 7.11 Å². The van der Waals surface area contributed by atoms with Crippen molar-refractivity contribution < 1.29 is 19.4 Å². The fourth-order valence-corrected chi connectivity index (χ4v) is 1.72. The van der Waals surface area contributed by atoms with E-state index in [2.05, 4.69) is 4.74 Å². The molecule has 1 rings (SSSR count). The molecular formula is C13H16O4. The summed E-state index contributed by atoms with van der Waals surface area (Å²) in [5.74, 6) is -1.31. The van der Waals surface area contributed by atoms with Gasteiger partial charge in [0, 0.05) is 6.42 Å². The van der Waals surface area contributed by atoms with Crippen LogP contribution in [0.3, 0.4) is 0 Å². The predicted molar refractivity (Wildman–Crippen MR) is 62.7 cm³/mol. The lowest BCUT2D eigenvalue weighted by molar-refractivity contribution is -0.142. The van der Waals surface area contributed by atoms with Gasteiger partial charge in [0.15, 0.2) is 0 Å². The van der Waals surface area contributed by atoms with Crippen LogP contribution < -0.4 is 0 Å². The van der Waals surface area contributed by atoms with Crippen LogP contribution in [0.4, 0.5) is 0 Å². The number of carbonyl (C=O) groups is 2. The van der Waals surface area contributed by atoms with E-state index in [1.54, 1.807) is 0 Å². The van der Waals surface area contributed by atoms with E-state index >= 15 is 0 Å². The van der Waals surface area contributed by atoms with E-state index in [0.29, 0.717) is 6.42 Å². The third kappa shape index (κ3) is 4.68. The monoisotopic (exact) mass is 236 g/mol. The van der Waals surface area contributed by atoms with Gasteiger partial charge in [-0.05, 0) is 17.9 Å². The van der Waals surface area contributed by atoms with Crippen molar-refractivity contribution in [2.24, 2.45) is 0 Å². The largest absolute Gasteiger partial charge is 0.481 e. The van der Waals surface area contributed by atoms with E-state index in [9.17, 15) is 9.59 Å². The minimum atomic E-state index is -0.858. The summed E-state index contributed by atoms with van der Waals surface area (Å²) in [7, 11) is 1.33. The molecule has 1 aromatic rings. The van der Waals surface area contributed by atoms with Crippen molar-refractivity contribution in [3.05, 3.63) is 35.9 Å². The van der Waals surface area contributed by atoms with Crippen molar-refractivity contribution in [3.63, 3.8) is 0 Å². The lowest BCUT2D eigenvalue weighted by atomic mass is 9.91. The van der Waals surface area contributed by atoms with Gasteiger partial charge in [0.05, 0.1) is 13.5 Å². The number of methoxy groups -OCH3 is 1. The molecule has 4 nitrogen and oxygen atoms in total. The predicted octanol–water partition coefficient (Wildman–Crippen LogP) is 2.20. The fourth-order valence-electron chi connectivity index (χ4n) is 1.72. The summed E-state index contributed by atoms with van der Waals surface area (Å²) < 4.78 is 4.56. The van der Waals surface area contributed by atoms with Crippen LogP contribution in [0.2, 0.25) is 0 Å². The number of carbonyl (C=O) groups excluding carboxylic acids is 1. The number of esters is 1. The summed E-state index contributed by atoms with van der Waals surface area (Å²) in [4.78, 5) is 21.8. The standard InChI is InChI=1S/C13H16O4/c1-17-13(16)8-7-11(9-12(14)15)10-5-3-2-4-6-10/h2-6,11H,7-9H2,1H3,(H,14,15). The lowest BCUT2D eigenvalue weighted by Crippen LogP contribution is -2.09. The molecule has 1 unspecified atom stereocenters. The first-order chi connectivity index (χ1) is 8.13. The molecule has 0 aliphatic rings. The highest BCUT2D eigenvalue weighted by Crippen LogP contribution is 2.24. The molecule has 4 heteroatoms. The number of hydrogen-bond donors (Lipinski definition) is 1. The molecule has 92 valence electrons.